The van der Waals surface area contributed by atoms with E-state index < -0.39 is 17.7 Å². The molecule has 0 N–H and O–H groups in total. The average molecular weight is 428 g/mol. The molecule has 2 aromatic carbocycles. The Kier molecular flexibility index (Phi) is 5.76. The molecule has 0 aliphatic carbocycles. The molecule has 0 saturated carbocycles. The maximum absolute atomic E-state index is 12.7. The van der Waals surface area contributed by atoms with E-state index in [2.05, 4.69) is 4.98 Å². The second-order valence-corrected chi connectivity index (χ2v) is 6.33. The van der Waals surface area contributed by atoms with Gasteiger partial charge in [-0.1, -0.05) is 29.3 Å². The molecule has 28 heavy (non-hydrogen) atoms. The monoisotopic (exact) mass is 427 g/mol. The Labute approximate surface area is 167 Å². The third-order valence-corrected chi connectivity index (χ3v) is 3.97. The van der Waals surface area contributed by atoms with Gasteiger partial charge in [-0.15, -0.1) is 0 Å². The molecule has 4 nitrogen and oxygen atoms in total. The van der Waals surface area contributed by atoms with Gasteiger partial charge >= 0.3 is 12.1 Å². The van der Waals surface area contributed by atoms with Crippen LogP contribution < -0.4 is 9.47 Å². The largest absolute Gasteiger partial charge is 0.437 e. The maximum atomic E-state index is 12.7. The molecule has 1 aromatic heterocycles. The summed E-state index contributed by atoms with van der Waals surface area (Å²) in [6.07, 6.45) is -3.95. The normalized spacial score (nSPS) is 11.2. The molecule has 0 radical (unpaired) electrons. The summed E-state index contributed by atoms with van der Waals surface area (Å²) in [6.45, 7) is 0. The summed E-state index contributed by atoms with van der Waals surface area (Å²) in [5.41, 5.74) is -0.696. The van der Waals surface area contributed by atoms with Crippen LogP contribution in [0.2, 0.25) is 10.0 Å². The van der Waals surface area contributed by atoms with E-state index in [1.165, 1.54) is 36.4 Å². The van der Waals surface area contributed by atoms with Gasteiger partial charge in [-0.3, -0.25) is 0 Å². The van der Waals surface area contributed by atoms with Gasteiger partial charge in [0, 0.05) is 17.3 Å². The fourth-order valence-electron chi connectivity index (χ4n) is 2.12. The van der Waals surface area contributed by atoms with Gasteiger partial charge in [0.15, 0.2) is 0 Å². The highest BCUT2D eigenvalue weighted by Crippen LogP contribution is 2.35. The summed E-state index contributed by atoms with van der Waals surface area (Å²) >= 11 is 11.6. The predicted octanol–water partition coefficient (Wildman–Crippen LogP) is 6.42. The van der Waals surface area contributed by atoms with Crippen molar-refractivity contribution in [1.29, 1.82) is 0 Å². The topological polar surface area (TPSA) is 48.4 Å². The van der Waals surface area contributed by atoms with Crippen molar-refractivity contribution in [2.45, 2.75) is 6.18 Å². The molecule has 1 heterocycles. The van der Waals surface area contributed by atoms with E-state index in [0.717, 1.165) is 0 Å². The minimum atomic E-state index is -4.56. The van der Waals surface area contributed by atoms with Crippen LogP contribution >= 0.6 is 23.2 Å². The molecule has 0 fully saturated rings. The third-order valence-electron chi connectivity index (χ3n) is 3.45. The molecule has 0 bridgehead atoms. The van der Waals surface area contributed by atoms with Gasteiger partial charge < -0.3 is 9.47 Å². The zero-order valence-electron chi connectivity index (χ0n) is 13.8. The second kappa shape index (κ2) is 8.08. The number of benzene rings is 2. The predicted molar refractivity (Wildman–Crippen MR) is 97.2 cm³/mol. The minimum Gasteiger partial charge on any atom is -0.437 e. The minimum absolute atomic E-state index is 0.167. The van der Waals surface area contributed by atoms with Crippen LogP contribution in [-0.4, -0.2) is 11.0 Å². The molecule has 0 aliphatic rings. The van der Waals surface area contributed by atoms with E-state index in [0.29, 0.717) is 22.8 Å². The number of nitrogens with zero attached hydrogens (tertiary/aromatic N) is 1. The Morgan fingerprint density at radius 2 is 1.64 bits per heavy atom. The van der Waals surface area contributed by atoms with E-state index in [1.807, 2.05) is 0 Å². The third kappa shape index (κ3) is 4.94. The zero-order valence-corrected chi connectivity index (χ0v) is 15.3. The summed E-state index contributed by atoms with van der Waals surface area (Å²) in [5, 5.41) is 0.172. The van der Waals surface area contributed by atoms with Crippen molar-refractivity contribution in [3.63, 3.8) is 0 Å². The number of ether oxygens (including phenoxy) is 2. The van der Waals surface area contributed by atoms with Gasteiger partial charge in [-0.05, 0) is 42.5 Å². The van der Waals surface area contributed by atoms with Gasteiger partial charge in [0.1, 0.15) is 16.5 Å². The molecule has 9 heteroatoms. The quantitative estimate of drug-likeness (QED) is 0.356. The number of carbonyl (C=O) groups excluding carboxylic acids is 1. The first kappa shape index (κ1) is 20.0. The highest BCUT2D eigenvalue weighted by Gasteiger charge is 2.31. The molecule has 0 saturated heterocycles. The van der Waals surface area contributed by atoms with Crippen molar-refractivity contribution in [2.24, 2.45) is 0 Å². The van der Waals surface area contributed by atoms with Gasteiger partial charge in [-0.2, -0.15) is 13.2 Å². The van der Waals surface area contributed by atoms with Crippen molar-refractivity contribution < 1.29 is 27.4 Å². The van der Waals surface area contributed by atoms with E-state index >= 15 is 0 Å². The molecule has 0 atom stereocenters. The lowest BCUT2D eigenvalue weighted by Crippen LogP contribution is -2.08. The van der Waals surface area contributed by atoms with Crippen molar-refractivity contribution in [2.75, 3.05) is 0 Å². The number of esters is 1. The van der Waals surface area contributed by atoms with Crippen LogP contribution in [0.1, 0.15) is 15.9 Å². The summed E-state index contributed by atoms with van der Waals surface area (Å²) in [5.74, 6) is -0.480. The number of carbonyl (C=O) groups is 1. The second-order valence-electron chi connectivity index (χ2n) is 5.48. The molecular formula is C19H10Cl2F3NO3. The lowest BCUT2D eigenvalue weighted by molar-refractivity contribution is -0.137. The van der Waals surface area contributed by atoms with Crippen LogP contribution in [0.4, 0.5) is 13.2 Å². The fraction of sp³-hybridized carbons (Fsp3) is 0.0526. The number of hydrogen-bond donors (Lipinski definition) is 0. The van der Waals surface area contributed by atoms with Crippen LogP contribution in [0.15, 0.2) is 60.8 Å². The zero-order chi connectivity index (χ0) is 20.3. The van der Waals surface area contributed by atoms with Crippen molar-refractivity contribution >= 4 is 29.2 Å². The van der Waals surface area contributed by atoms with Crippen LogP contribution in [-0.2, 0) is 6.18 Å². The Hall–Kier alpha value is -2.77. The number of pyridine rings is 1. The summed E-state index contributed by atoms with van der Waals surface area (Å²) in [7, 11) is 0. The highest BCUT2D eigenvalue weighted by atomic mass is 35.5. The summed E-state index contributed by atoms with van der Waals surface area (Å²) < 4.78 is 48.7. The van der Waals surface area contributed by atoms with E-state index in [-0.39, 0.29) is 22.4 Å². The van der Waals surface area contributed by atoms with Crippen LogP contribution in [0.3, 0.4) is 0 Å². The maximum Gasteiger partial charge on any atom is 0.417 e. The number of hydrogen-bond acceptors (Lipinski definition) is 4. The first-order chi connectivity index (χ1) is 13.2. The van der Waals surface area contributed by atoms with Gasteiger partial charge in [0.25, 0.3) is 0 Å². The first-order valence-electron chi connectivity index (χ1n) is 7.71. The lowest BCUT2D eigenvalue weighted by Gasteiger charge is -2.11. The molecule has 0 unspecified atom stereocenters. The molecule has 3 aromatic rings. The van der Waals surface area contributed by atoms with Gasteiger partial charge in [0.05, 0.1) is 11.1 Å². The standard InChI is InChI=1S/C19H10Cl2F3NO3/c20-13-6-4-11(5-7-13)18(26)28-15-3-1-2-14(9-15)27-17-16(21)8-12(10-25-17)19(22,23)24/h1-10H. The van der Waals surface area contributed by atoms with E-state index in [9.17, 15) is 18.0 Å². The molecular weight excluding hydrogens is 418 g/mol. The molecule has 0 aliphatic heterocycles. The number of halogens is 5. The summed E-state index contributed by atoms with van der Waals surface area (Å²) in [6, 6.07) is 12.8. The van der Waals surface area contributed by atoms with Crippen molar-refractivity contribution in [3.05, 3.63) is 82.0 Å². The van der Waals surface area contributed by atoms with E-state index in [4.69, 9.17) is 32.7 Å². The summed E-state index contributed by atoms with van der Waals surface area (Å²) in [4.78, 5) is 15.7. The number of aromatic nitrogens is 1. The van der Waals surface area contributed by atoms with Crippen molar-refractivity contribution in [3.8, 4) is 17.4 Å². The molecule has 0 spiro atoms. The molecule has 3 rings (SSSR count). The van der Waals surface area contributed by atoms with Gasteiger partial charge in [0.2, 0.25) is 5.88 Å². The number of alkyl halides is 3. The Morgan fingerprint density at radius 3 is 2.29 bits per heavy atom. The lowest BCUT2D eigenvalue weighted by atomic mass is 10.2. The van der Waals surface area contributed by atoms with Gasteiger partial charge in [-0.25, -0.2) is 9.78 Å². The smallest absolute Gasteiger partial charge is 0.417 e. The first-order valence-corrected chi connectivity index (χ1v) is 8.46. The van der Waals surface area contributed by atoms with E-state index in [1.54, 1.807) is 12.1 Å². The van der Waals surface area contributed by atoms with Crippen LogP contribution in [0, 0.1) is 0 Å². The average Bonchev–Trinajstić information content (AvgIpc) is 2.63. The molecule has 0 amide bonds. The Balaban J connectivity index is 1.75. The van der Waals surface area contributed by atoms with Crippen molar-refractivity contribution in [1.82, 2.24) is 4.98 Å². The molecule has 144 valence electrons. The fourth-order valence-corrected chi connectivity index (χ4v) is 2.45. The Morgan fingerprint density at radius 1 is 0.964 bits per heavy atom. The van der Waals surface area contributed by atoms with Crippen LogP contribution in [0.25, 0.3) is 0 Å². The van der Waals surface area contributed by atoms with Crippen LogP contribution in [0.5, 0.6) is 17.4 Å². The SMILES string of the molecule is O=C(Oc1cccc(Oc2ncc(C(F)(F)F)cc2Cl)c1)c1ccc(Cl)cc1. The number of rotatable bonds is 4. The highest BCUT2D eigenvalue weighted by molar-refractivity contribution is 6.32. The Bertz CT molecular complexity index is 1010.